The van der Waals surface area contributed by atoms with Crippen molar-refractivity contribution in [2.24, 2.45) is 0 Å². The summed E-state index contributed by atoms with van der Waals surface area (Å²) in [6.45, 7) is 2.64. The lowest BCUT2D eigenvalue weighted by molar-refractivity contribution is 0.0249. The van der Waals surface area contributed by atoms with Crippen molar-refractivity contribution in [3.63, 3.8) is 0 Å². The first kappa shape index (κ1) is 9.31. The van der Waals surface area contributed by atoms with Crippen LogP contribution in [0.3, 0.4) is 0 Å². The lowest BCUT2D eigenvalue weighted by Gasteiger charge is -2.23. The van der Waals surface area contributed by atoms with Gasteiger partial charge in [0.25, 0.3) is 0 Å². The molecule has 0 aromatic carbocycles. The molecule has 0 spiro atoms. The third-order valence-electron chi connectivity index (χ3n) is 3.05. The van der Waals surface area contributed by atoms with Crippen molar-refractivity contribution in [3.8, 4) is 0 Å². The highest BCUT2D eigenvalue weighted by Crippen LogP contribution is 2.39. The van der Waals surface area contributed by atoms with Gasteiger partial charge in [0, 0.05) is 24.7 Å². The highest BCUT2D eigenvalue weighted by Gasteiger charge is 2.26. The minimum Gasteiger partial charge on any atom is -0.369 e. The first-order valence-corrected chi connectivity index (χ1v) is 5.72. The fourth-order valence-corrected chi connectivity index (χ4v) is 2.01. The maximum Gasteiger partial charge on any atom is 0.112 e. The third kappa shape index (κ3) is 2.03. The number of hydrogen-bond acceptors (Lipinski definition) is 3. The van der Waals surface area contributed by atoms with Crippen LogP contribution in [-0.2, 0) is 4.74 Å². The van der Waals surface area contributed by atoms with Crippen LogP contribution in [0.4, 0.5) is 0 Å². The fraction of sp³-hybridized carbons (Fsp3) is 0.583. The molecule has 80 valence electrons. The van der Waals surface area contributed by atoms with E-state index in [9.17, 15) is 0 Å². The van der Waals surface area contributed by atoms with Gasteiger partial charge in [-0.2, -0.15) is 0 Å². The Morgan fingerprint density at radius 1 is 1.27 bits per heavy atom. The summed E-state index contributed by atoms with van der Waals surface area (Å²) in [6.07, 6.45) is 2.76. The molecule has 3 heteroatoms. The summed E-state index contributed by atoms with van der Waals surface area (Å²) in [5, 5.41) is 3.33. The van der Waals surface area contributed by atoms with E-state index in [1.165, 1.54) is 18.5 Å². The second-order valence-electron chi connectivity index (χ2n) is 4.33. The predicted octanol–water partition coefficient (Wildman–Crippen LogP) is 1.62. The van der Waals surface area contributed by atoms with E-state index in [2.05, 4.69) is 23.5 Å². The van der Waals surface area contributed by atoms with Crippen LogP contribution in [0.5, 0.6) is 0 Å². The molecule has 15 heavy (non-hydrogen) atoms. The summed E-state index contributed by atoms with van der Waals surface area (Å²) in [6, 6.07) is 6.31. The molecule has 1 aliphatic heterocycles. The van der Waals surface area contributed by atoms with Gasteiger partial charge >= 0.3 is 0 Å². The van der Waals surface area contributed by atoms with Crippen molar-refractivity contribution in [1.29, 1.82) is 0 Å². The van der Waals surface area contributed by atoms with E-state index in [0.29, 0.717) is 0 Å². The van der Waals surface area contributed by atoms with Gasteiger partial charge in [-0.3, -0.25) is 4.98 Å². The Morgan fingerprint density at radius 3 is 2.87 bits per heavy atom. The molecule has 1 atom stereocenters. The molecule has 3 rings (SSSR count). The lowest BCUT2D eigenvalue weighted by Crippen LogP contribution is -2.33. The first-order chi connectivity index (χ1) is 7.43. The minimum absolute atomic E-state index is 0.150. The van der Waals surface area contributed by atoms with Gasteiger partial charge in [-0.1, -0.05) is 6.07 Å². The largest absolute Gasteiger partial charge is 0.369 e. The highest BCUT2D eigenvalue weighted by atomic mass is 16.5. The average Bonchev–Trinajstić information content (AvgIpc) is 3.14. The van der Waals surface area contributed by atoms with E-state index in [-0.39, 0.29) is 6.10 Å². The monoisotopic (exact) mass is 204 g/mol. The van der Waals surface area contributed by atoms with E-state index < -0.39 is 0 Å². The Hall–Kier alpha value is -0.930. The standard InChI is InChI=1S/C12H16N2O/c1-2-10(9-4-5-9)14-11(3-1)12-8-13-6-7-15-12/h1-3,9,12-13H,4-8H2/t12-/m1/s1. The summed E-state index contributed by atoms with van der Waals surface area (Å²) in [7, 11) is 0. The van der Waals surface area contributed by atoms with E-state index in [1.807, 2.05) is 0 Å². The number of ether oxygens (including phenoxy) is 1. The van der Waals surface area contributed by atoms with Crippen molar-refractivity contribution >= 4 is 0 Å². The highest BCUT2D eigenvalue weighted by molar-refractivity contribution is 5.20. The van der Waals surface area contributed by atoms with Crippen LogP contribution in [0.25, 0.3) is 0 Å². The Morgan fingerprint density at radius 2 is 2.13 bits per heavy atom. The Balaban J connectivity index is 1.80. The quantitative estimate of drug-likeness (QED) is 0.795. The molecule has 1 saturated carbocycles. The van der Waals surface area contributed by atoms with E-state index in [0.717, 1.165) is 31.3 Å². The van der Waals surface area contributed by atoms with Gasteiger partial charge in [0.2, 0.25) is 0 Å². The van der Waals surface area contributed by atoms with E-state index >= 15 is 0 Å². The molecule has 1 N–H and O–H groups in total. The van der Waals surface area contributed by atoms with Crippen LogP contribution in [-0.4, -0.2) is 24.7 Å². The van der Waals surface area contributed by atoms with Crippen molar-refractivity contribution in [2.45, 2.75) is 24.9 Å². The van der Waals surface area contributed by atoms with Gasteiger partial charge in [0.05, 0.1) is 12.3 Å². The molecule has 3 nitrogen and oxygen atoms in total. The molecule has 2 heterocycles. The lowest BCUT2D eigenvalue weighted by atomic mass is 10.1. The topological polar surface area (TPSA) is 34.2 Å². The molecular formula is C12H16N2O. The zero-order valence-corrected chi connectivity index (χ0v) is 8.78. The molecule has 1 aromatic heterocycles. The normalized spacial score (nSPS) is 26.5. The molecule has 2 fully saturated rings. The summed E-state index contributed by atoms with van der Waals surface area (Å²) < 4.78 is 5.69. The summed E-state index contributed by atoms with van der Waals surface area (Å²) in [5.74, 6) is 0.724. The molecule has 1 aromatic rings. The molecule has 0 amide bonds. The van der Waals surface area contributed by atoms with E-state index in [4.69, 9.17) is 9.72 Å². The summed E-state index contributed by atoms with van der Waals surface area (Å²) in [5.41, 5.74) is 2.34. The number of aromatic nitrogens is 1. The van der Waals surface area contributed by atoms with Crippen LogP contribution in [0, 0.1) is 0 Å². The van der Waals surface area contributed by atoms with Gasteiger partial charge in [0.1, 0.15) is 6.10 Å². The van der Waals surface area contributed by atoms with Gasteiger partial charge in [0.15, 0.2) is 0 Å². The molecule has 1 saturated heterocycles. The van der Waals surface area contributed by atoms with Crippen molar-refractivity contribution in [2.75, 3.05) is 19.7 Å². The van der Waals surface area contributed by atoms with Crippen molar-refractivity contribution in [3.05, 3.63) is 29.6 Å². The second kappa shape index (κ2) is 3.91. The Labute approximate surface area is 89.9 Å². The average molecular weight is 204 g/mol. The predicted molar refractivity (Wildman–Crippen MR) is 57.8 cm³/mol. The van der Waals surface area contributed by atoms with Crippen LogP contribution >= 0.6 is 0 Å². The smallest absolute Gasteiger partial charge is 0.112 e. The minimum atomic E-state index is 0.150. The van der Waals surface area contributed by atoms with Gasteiger partial charge < -0.3 is 10.1 Å². The third-order valence-corrected chi connectivity index (χ3v) is 3.05. The number of rotatable bonds is 2. The fourth-order valence-electron chi connectivity index (χ4n) is 2.01. The molecule has 0 unspecified atom stereocenters. The number of morpholine rings is 1. The van der Waals surface area contributed by atoms with Crippen molar-refractivity contribution < 1.29 is 4.74 Å². The van der Waals surface area contributed by atoms with Gasteiger partial charge in [-0.05, 0) is 25.0 Å². The van der Waals surface area contributed by atoms with Crippen LogP contribution in [0.2, 0.25) is 0 Å². The van der Waals surface area contributed by atoms with Crippen molar-refractivity contribution in [1.82, 2.24) is 10.3 Å². The van der Waals surface area contributed by atoms with E-state index in [1.54, 1.807) is 0 Å². The Kier molecular flexibility index (Phi) is 2.43. The number of hydrogen-bond donors (Lipinski definition) is 1. The van der Waals surface area contributed by atoms with Crippen LogP contribution < -0.4 is 5.32 Å². The first-order valence-electron chi connectivity index (χ1n) is 5.72. The molecular weight excluding hydrogens is 188 g/mol. The van der Waals surface area contributed by atoms with Gasteiger partial charge in [-0.25, -0.2) is 0 Å². The molecule has 0 bridgehead atoms. The summed E-state index contributed by atoms with van der Waals surface area (Å²) in [4.78, 5) is 4.69. The number of pyridine rings is 1. The van der Waals surface area contributed by atoms with Crippen LogP contribution in [0.15, 0.2) is 18.2 Å². The second-order valence-corrected chi connectivity index (χ2v) is 4.33. The summed E-state index contributed by atoms with van der Waals surface area (Å²) >= 11 is 0. The molecule has 1 aliphatic carbocycles. The Bertz CT molecular complexity index is 343. The van der Waals surface area contributed by atoms with Crippen LogP contribution in [0.1, 0.15) is 36.3 Å². The van der Waals surface area contributed by atoms with Gasteiger partial charge in [-0.15, -0.1) is 0 Å². The maximum absolute atomic E-state index is 5.69. The molecule has 0 radical (unpaired) electrons. The SMILES string of the molecule is c1cc(C2CC2)nc([C@H]2CNCCO2)c1. The number of nitrogens with zero attached hydrogens (tertiary/aromatic N) is 1. The zero-order chi connectivity index (χ0) is 10.1. The molecule has 2 aliphatic rings. The maximum atomic E-state index is 5.69. The number of nitrogens with one attached hydrogen (secondary N) is 1. The zero-order valence-electron chi connectivity index (χ0n) is 8.78.